The molecule has 8 nitrogen and oxygen atoms in total. The molecule has 0 unspecified atom stereocenters. The van der Waals surface area contributed by atoms with Crippen molar-refractivity contribution in [1.29, 1.82) is 0 Å². The van der Waals surface area contributed by atoms with Gasteiger partial charge in [-0.1, -0.05) is 5.16 Å². The van der Waals surface area contributed by atoms with Crippen molar-refractivity contribution in [3.8, 4) is 0 Å². The lowest BCUT2D eigenvalue weighted by atomic mass is 10.2. The highest BCUT2D eigenvalue weighted by Crippen LogP contribution is 2.08. The summed E-state index contributed by atoms with van der Waals surface area (Å²) in [7, 11) is 1.69. The average Bonchev–Trinajstić information content (AvgIpc) is 2.88. The molecule has 0 aliphatic heterocycles. The van der Waals surface area contributed by atoms with Crippen LogP contribution in [0.2, 0.25) is 0 Å². The summed E-state index contributed by atoms with van der Waals surface area (Å²) in [5.74, 6) is 0.550. The van der Waals surface area contributed by atoms with Crippen LogP contribution in [0.1, 0.15) is 21.9 Å². The number of anilines is 1. The number of amides is 1. The lowest BCUT2D eigenvalue weighted by Gasteiger charge is -2.16. The van der Waals surface area contributed by atoms with Crippen molar-refractivity contribution in [1.82, 2.24) is 25.0 Å². The summed E-state index contributed by atoms with van der Waals surface area (Å²) in [6, 6.07) is 0. The number of rotatable bonds is 4. The molecule has 2 rings (SSSR count). The molecule has 2 N–H and O–H groups in total. The van der Waals surface area contributed by atoms with Gasteiger partial charge in [0.25, 0.3) is 5.91 Å². The van der Waals surface area contributed by atoms with E-state index in [9.17, 15) is 4.79 Å². The number of aromatic nitrogens is 4. The molecule has 0 bridgehead atoms. The van der Waals surface area contributed by atoms with E-state index in [0.717, 1.165) is 0 Å². The molecule has 2 aromatic heterocycles. The van der Waals surface area contributed by atoms with Gasteiger partial charge in [0, 0.05) is 26.2 Å². The van der Waals surface area contributed by atoms with Crippen LogP contribution in [-0.2, 0) is 6.42 Å². The first-order chi connectivity index (χ1) is 9.08. The van der Waals surface area contributed by atoms with Crippen molar-refractivity contribution in [3.63, 3.8) is 0 Å². The molecule has 0 saturated heterocycles. The van der Waals surface area contributed by atoms with E-state index >= 15 is 0 Å². The fourth-order valence-corrected chi connectivity index (χ4v) is 1.57. The second-order valence-corrected chi connectivity index (χ2v) is 4.05. The van der Waals surface area contributed by atoms with E-state index in [1.165, 1.54) is 12.6 Å². The minimum Gasteiger partial charge on any atom is -0.368 e. The molecule has 0 aliphatic rings. The number of carbonyl (C=O) groups excluding carboxylic acids is 1. The summed E-state index contributed by atoms with van der Waals surface area (Å²) < 4.78 is 4.63. The Kier molecular flexibility index (Phi) is 3.69. The van der Waals surface area contributed by atoms with E-state index in [0.29, 0.717) is 30.0 Å². The molecule has 2 aromatic rings. The van der Waals surface area contributed by atoms with Crippen molar-refractivity contribution in [3.05, 3.63) is 29.7 Å². The monoisotopic (exact) mass is 262 g/mol. The van der Waals surface area contributed by atoms with E-state index < -0.39 is 0 Å². The topological polar surface area (TPSA) is 111 Å². The largest absolute Gasteiger partial charge is 0.368 e. The summed E-state index contributed by atoms with van der Waals surface area (Å²) in [5, 5.41) is 3.68. The Balaban J connectivity index is 2.02. The van der Waals surface area contributed by atoms with Crippen LogP contribution in [-0.4, -0.2) is 44.5 Å². The zero-order valence-corrected chi connectivity index (χ0v) is 10.7. The molecule has 0 atom stereocenters. The van der Waals surface area contributed by atoms with Crippen LogP contribution < -0.4 is 5.73 Å². The van der Waals surface area contributed by atoms with Crippen LogP contribution >= 0.6 is 0 Å². The highest BCUT2D eigenvalue weighted by molar-refractivity contribution is 5.94. The molecular weight excluding hydrogens is 248 g/mol. The molecule has 100 valence electrons. The van der Waals surface area contributed by atoms with Crippen LogP contribution in [0.3, 0.4) is 0 Å². The molecule has 2 heterocycles. The van der Waals surface area contributed by atoms with Crippen molar-refractivity contribution < 1.29 is 9.32 Å². The Labute approximate surface area is 109 Å². The first-order valence-electron chi connectivity index (χ1n) is 5.67. The number of carbonyl (C=O) groups is 1. The molecule has 0 fully saturated rings. The van der Waals surface area contributed by atoms with Crippen LogP contribution in [0.15, 0.2) is 17.1 Å². The Bertz CT molecular complexity index is 569. The van der Waals surface area contributed by atoms with Gasteiger partial charge in [0.2, 0.25) is 12.3 Å². The predicted molar refractivity (Wildman–Crippen MR) is 66.1 cm³/mol. The summed E-state index contributed by atoms with van der Waals surface area (Å²) in [4.78, 5) is 25.4. The molecule has 0 radical (unpaired) electrons. The minimum atomic E-state index is -0.166. The Morgan fingerprint density at radius 1 is 1.47 bits per heavy atom. The maximum atomic E-state index is 12.2. The maximum absolute atomic E-state index is 12.2. The molecule has 19 heavy (non-hydrogen) atoms. The number of nitrogens with two attached hydrogens (primary N) is 1. The highest BCUT2D eigenvalue weighted by atomic mass is 16.5. The van der Waals surface area contributed by atoms with Gasteiger partial charge >= 0.3 is 0 Å². The lowest BCUT2D eigenvalue weighted by molar-refractivity contribution is 0.0794. The van der Waals surface area contributed by atoms with Gasteiger partial charge in [-0.2, -0.15) is 4.98 Å². The summed E-state index contributed by atoms with van der Waals surface area (Å²) in [5.41, 5.74) is 6.45. The summed E-state index contributed by atoms with van der Waals surface area (Å²) in [6.07, 6.45) is 3.22. The van der Waals surface area contributed by atoms with Crippen LogP contribution in [0.25, 0.3) is 0 Å². The predicted octanol–water partition coefficient (Wildman–Crippen LogP) is 0.0649. The van der Waals surface area contributed by atoms with Gasteiger partial charge in [-0.15, -0.1) is 0 Å². The van der Waals surface area contributed by atoms with Gasteiger partial charge in [-0.25, -0.2) is 9.97 Å². The Morgan fingerprint density at radius 3 is 2.89 bits per heavy atom. The van der Waals surface area contributed by atoms with Gasteiger partial charge in [-0.05, 0) is 6.92 Å². The maximum Gasteiger partial charge on any atom is 0.257 e. The second kappa shape index (κ2) is 5.42. The van der Waals surface area contributed by atoms with Crippen molar-refractivity contribution in [2.24, 2.45) is 0 Å². The third-order valence-corrected chi connectivity index (χ3v) is 2.65. The molecule has 0 aliphatic carbocycles. The van der Waals surface area contributed by atoms with Gasteiger partial charge in [0.15, 0.2) is 5.82 Å². The first kappa shape index (κ1) is 12.9. The summed E-state index contributed by atoms with van der Waals surface area (Å²) >= 11 is 0. The number of hydrogen-bond donors (Lipinski definition) is 1. The molecule has 0 spiro atoms. The van der Waals surface area contributed by atoms with E-state index in [2.05, 4.69) is 24.6 Å². The van der Waals surface area contributed by atoms with Crippen molar-refractivity contribution >= 4 is 11.9 Å². The molecule has 0 saturated carbocycles. The quantitative estimate of drug-likeness (QED) is 0.829. The van der Waals surface area contributed by atoms with Crippen molar-refractivity contribution in [2.75, 3.05) is 19.3 Å². The molecule has 8 heteroatoms. The van der Waals surface area contributed by atoms with Gasteiger partial charge in [-0.3, -0.25) is 4.79 Å². The molecule has 0 aromatic carbocycles. The highest BCUT2D eigenvalue weighted by Gasteiger charge is 2.16. The van der Waals surface area contributed by atoms with E-state index in [1.807, 2.05) is 0 Å². The second-order valence-electron chi connectivity index (χ2n) is 4.05. The number of nitrogens with zero attached hydrogens (tertiary/aromatic N) is 5. The minimum absolute atomic E-state index is 0.156. The van der Waals surface area contributed by atoms with Crippen LogP contribution in [0.5, 0.6) is 0 Å². The Hall–Kier alpha value is -2.51. The number of hydrogen-bond acceptors (Lipinski definition) is 7. The van der Waals surface area contributed by atoms with Gasteiger partial charge in [0.1, 0.15) is 0 Å². The zero-order valence-electron chi connectivity index (χ0n) is 10.7. The third-order valence-electron chi connectivity index (χ3n) is 2.65. The SMILES string of the molecule is Cc1nc(N)ncc1C(=O)N(C)CCc1ncon1. The first-order valence-corrected chi connectivity index (χ1v) is 5.67. The third kappa shape index (κ3) is 3.03. The zero-order chi connectivity index (χ0) is 13.8. The number of likely N-dealkylation sites (N-methyl/N-ethyl adjacent to an activating group) is 1. The Morgan fingerprint density at radius 2 is 2.26 bits per heavy atom. The lowest BCUT2D eigenvalue weighted by Crippen LogP contribution is -2.30. The van der Waals surface area contributed by atoms with E-state index in [-0.39, 0.29) is 11.9 Å². The molecule has 1 amide bonds. The van der Waals surface area contributed by atoms with Crippen LogP contribution in [0, 0.1) is 6.92 Å². The average molecular weight is 262 g/mol. The van der Waals surface area contributed by atoms with Crippen LogP contribution in [0.4, 0.5) is 5.95 Å². The fraction of sp³-hybridized carbons (Fsp3) is 0.364. The normalized spacial score (nSPS) is 10.4. The molecular formula is C11H14N6O2. The number of aryl methyl sites for hydroxylation is 1. The fourth-order valence-electron chi connectivity index (χ4n) is 1.57. The standard InChI is InChI=1S/C11H14N6O2/c1-7-8(5-13-11(12)15-7)10(18)17(2)4-3-9-14-6-19-16-9/h5-6H,3-4H2,1-2H3,(H2,12,13,15). The van der Waals surface area contributed by atoms with Gasteiger partial charge < -0.3 is 15.2 Å². The number of nitrogen functional groups attached to an aromatic ring is 1. The van der Waals surface area contributed by atoms with Crippen molar-refractivity contribution in [2.45, 2.75) is 13.3 Å². The van der Waals surface area contributed by atoms with E-state index in [1.54, 1.807) is 18.9 Å². The summed E-state index contributed by atoms with van der Waals surface area (Å²) in [6.45, 7) is 2.19. The van der Waals surface area contributed by atoms with Gasteiger partial charge in [0.05, 0.1) is 11.3 Å². The smallest absolute Gasteiger partial charge is 0.257 e. The van der Waals surface area contributed by atoms with E-state index in [4.69, 9.17) is 5.73 Å².